The van der Waals surface area contributed by atoms with Crippen LogP contribution in [0.2, 0.25) is 5.02 Å². The molecule has 2 aromatic rings. The number of aromatic nitrogens is 3. The van der Waals surface area contributed by atoms with Crippen LogP contribution in [0.25, 0.3) is 0 Å². The van der Waals surface area contributed by atoms with Crippen LogP contribution in [-0.2, 0) is 10.0 Å². The number of H-pyrrole nitrogens is 1. The van der Waals surface area contributed by atoms with E-state index in [-0.39, 0.29) is 5.02 Å². The lowest BCUT2D eigenvalue weighted by molar-refractivity contribution is 0.542. The zero-order valence-corrected chi connectivity index (χ0v) is 11.3. The van der Waals surface area contributed by atoms with Crippen LogP contribution in [-0.4, -0.2) is 23.6 Å². The summed E-state index contributed by atoms with van der Waals surface area (Å²) in [4.78, 5) is 3.35. The van der Waals surface area contributed by atoms with Gasteiger partial charge in [0, 0.05) is 5.02 Å². The SMILES string of the molecule is CC(NS(=O)(=O)c1ccc(Cl)cc1F)c1ncn[nH]1. The minimum Gasteiger partial charge on any atom is -0.262 e. The first kappa shape index (κ1) is 13.9. The molecule has 0 saturated heterocycles. The Labute approximate surface area is 114 Å². The molecular weight excluding hydrogens is 295 g/mol. The highest BCUT2D eigenvalue weighted by Crippen LogP contribution is 2.20. The summed E-state index contributed by atoms with van der Waals surface area (Å²) in [7, 11) is -4.00. The molecule has 1 aromatic carbocycles. The van der Waals surface area contributed by atoms with Crippen LogP contribution in [0.4, 0.5) is 4.39 Å². The molecule has 6 nitrogen and oxygen atoms in total. The number of aromatic amines is 1. The molecule has 1 unspecified atom stereocenters. The Morgan fingerprint density at radius 1 is 1.47 bits per heavy atom. The highest BCUT2D eigenvalue weighted by atomic mass is 35.5. The topological polar surface area (TPSA) is 87.7 Å². The molecule has 1 aromatic heterocycles. The van der Waals surface area contributed by atoms with Gasteiger partial charge in [-0.3, -0.25) is 5.10 Å². The predicted molar refractivity (Wildman–Crippen MR) is 66.5 cm³/mol. The molecule has 1 atom stereocenters. The Hall–Kier alpha value is -1.51. The highest BCUT2D eigenvalue weighted by molar-refractivity contribution is 7.89. The van der Waals surface area contributed by atoms with E-state index in [0.717, 1.165) is 12.1 Å². The van der Waals surface area contributed by atoms with Crippen LogP contribution < -0.4 is 4.72 Å². The van der Waals surface area contributed by atoms with E-state index in [9.17, 15) is 12.8 Å². The Morgan fingerprint density at radius 3 is 2.79 bits per heavy atom. The van der Waals surface area contributed by atoms with Gasteiger partial charge in [0.25, 0.3) is 0 Å². The molecule has 0 radical (unpaired) electrons. The Bertz CT molecular complexity index is 675. The molecule has 0 aliphatic rings. The molecule has 1 heterocycles. The highest BCUT2D eigenvalue weighted by Gasteiger charge is 2.23. The second-order valence-corrected chi connectivity index (χ2v) is 5.91. The van der Waals surface area contributed by atoms with Crippen molar-refractivity contribution in [2.75, 3.05) is 0 Å². The normalized spacial score (nSPS) is 13.4. The Kier molecular flexibility index (Phi) is 3.83. The van der Waals surface area contributed by atoms with Crippen LogP contribution in [0.15, 0.2) is 29.4 Å². The molecule has 0 aliphatic carbocycles. The summed E-state index contributed by atoms with van der Waals surface area (Å²) >= 11 is 5.58. The van der Waals surface area contributed by atoms with Crippen molar-refractivity contribution in [1.29, 1.82) is 0 Å². The largest absolute Gasteiger partial charge is 0.262 e. The van der Waals surface area contributed by atoms with Crippen LogP contribution >= 0.6 is 11.6 Å². The quantitative estimate of drug-likeness (QED) is 0.899. The minimum absolute atomic E-state index is 0.125. The lowest BCUT2D eigenvalue weighted by Gasteiger charge is -2.12. The van der Waals surface area contributed by atoms with E-state index in [1.165, 1.54) is 12.4 Å². The van der Waals surface area contributed by atoms with Crippen molar-refractivity contribution < 1.29 is 12.8 Å². The molecule has 0 bridgehead atoms. The van der Waals surface area contributed by atoms with Crippen LogP contribution in [0, 0.1) is 5.82 Å². The van der Waals surface area contributed by atoms with Crippen molar-refractivity contribution in [2.24, 2.45) is 0 Å². The van der Waals surface area contributed by atoms with E-state index in [1.54, 1.807) is 6.92 Å². The molecule has 2 rings (SSSR count). The number of nitrogens with zero attached hydrogens (tertiary/aromatic N) is 2. The van der Waals surface area contributed by atoms with Crippen molar-refractivity contribution in [3.8, 4) is 0 Å². The molecule has 0 aliphatic heterocycles. The molecular formula is C10H10ClFN4O2S. The number of sulfonamides is 1. The number of hydrogen-bond acceptors (Lipinski definition) is 4. The standard InChI is InChI=1S/C10H10ClFN4O2S/c1-6(10-13-5-14-15-10)16-19(17,18)9-3-2-7(11)4-8(9)12/h2-6,16H,1H3,(H,13,14,15). The zero-order chi connectivity index (χ0) is 14.0. The maximum Gasteiger partial charge on any atom is 0.244 e. The molecule has 19 heavy (non-hydrogen) atoms. The first-order chi connectivity index (χ1) is 8.90. The van der Waals surface area contributed by atoms with E-state index in [1.807, 2.05) is 0 Å². The zero-order valence-electron chi connectivity index (χ0n) is 9.76. The molecule has 9 heteroatoms. The Morgan fingerprint density at radius 2 is 2.21 bits per heavy atom. The maximum absolute atomic E-state index is 13.6. The first-order valence-corrected chi connectivity index (χ1v) is 7.09. The van der Waals surface area contributed by atoms with E-state index < -0.39 is 26.8 Å². The second-order valence-electron chi connectivity index (χ2n) is 3.79. The van der Waals surface area contributed by atoms with Gasteiger partial charge in [0.15, 0.2) is 0 Å². The number of rotatable bonds is 4. The van der Waals surface area contributed by atoms with Gasteiger partial charge in [-0.15, -0.1) is 0 Å². The van der Waals surface area contributed by atoms with Crippen molar-refractivity contribution in [3.05, 3.63) is 41.2 Å². The second kappa shape index (κ2) is 5.24. The summed E-state index contributed by atoms with van der Waals surface area (Å²) < 4.78 is 39.9. The van der Waals surface area contributed by atoms with Gasteiger partial charge in [-0.1, -0.05) is 11.6 Å². The summed E-state index contributed by atoms with van der Waals surface area (Å²) in [6.45, 7) is 1.56. The van der Waals surface area contributed by atoms with Gasteiger partial charge < -0.3 is 0 Å². The van der Waals surface area contributed by atoms with Crippen LogP contribution in [0.3, 0.4) is 0 Å². The third-order valence-corrected chi connectivity index (χ3v) is 4.17. The molecule has 0 saturated carbocycles. The van der Waals surface area contributed by atoms with Crippen LogP contribution in [0.5, 0.6) is 0 Å². The van der Waals surface area contributed by atoms with Crippen molar-refractivity contribution in [3.63, 3.8) is 0 Å². The summed E-state index contributed by atoms with van der Waals surface area (Å²) in [6.07, 6.45) is 1.25. The summed E-state index contributed by atoms with van der Waals surface area (Å²) in [5, 5.41) is 6.27. The fourth-order valence-corrected chi connectivity index (χ4v) is 2.89. The van der Waals surface area contributed by atoms with E-state index in [4.69, 9.17) is 11.6 Å². The van der Waals surface area contributed by atoms with Gasteiger partial charge in [-0.25, -0.2) is 22.5 Å². The van der Waals surface area contributed by atoms with E-state index in [2.05, 4.69) is 19.9 Å². The predicted octanol–water partition coefficient (Wildman–Crippen LogP) is 1.64. The third kappa shape index (κ3) is 3.09. The van der Waals surface area contributed by atoms with Gasteiger partial charge in [0.1, 0.15) is 22.9 Å². The first-order valence-electron chi connectivity index (χ1n) is 5.23. The van der Waals surface area contributed by atoms with Gasteiger partial charge in [-0.05, 0) is 25.1 Å². The molecule has 0 amide bonds. The van der Waals surface area contributed by atoms with Gasteiger partial charge in [-0.2, -0.15) is 5.10 Å². The number of halogens is 2. The van der Waals surface area contributed by atoms with Crippen LogP contribution in [0.1, 0.15) is 18.8 Å². The van der Waals surface area contributed by atoms with Gasteiger partial charge in [0.05, 0.1) is 6.04 Å². The summed E-state index contributed by atoms with van der Waals surface area (Å²) in [6, 6.07) is 2.68. The molecule has 102 valence electrons. The molecule has 0 spiro atoms. The maximum atomic E-state index is 13.6. The summed E-state index contributed by atoms with van der Waals surface area (Å²) in [5.41, 5.74) is 0. The lowest BCUT2D eigenvalue weighted by Crippen LogP contribution is -2.28. The lowest BCUT2D eigenvalue weighted by atomic mass is 10.3. The number of benzene rings is 1. The fraction of sp³-hybridized carbons (Fsp3) is 0.200. The average molecular weight is 305 g/mol. The smallest absolute Gasteiger partial charge is 0.244 e. The fourth-order valence-electron chi connectivity index (χ4n) is 1.47. The number of nitrogens with one attached hydrogen (secondary N) is 2. The average Bonchev–Trinajstić information content (AvgIpc) is 2.80. The Balaban J connectivity index is 2.28. The monoisotopic (exact) mass is 304 g/mol. The third-order valence-electron chi connectivity index (χ3n) is 2.36. The van der Waals surface area contributed by atoms with Crippen molar-refractivity contribution in [1.82, 2.24) is 19.9 Å². The van der Waals surface area contributed by atoms with E-state index in [0.29, 0.717) is 5.82 Å². The van der Waals surface area contributed by atoms with Gasteiger partial charge in [0.2, 0.25) is 10.0 Å². The minimum atomic E-state index is -4.00. The van der Waals surface area contributed by atoms with E-state index >= 15 is 0 Å². The number of hydrogen-bond donors (Lipinski definition) is 2. The van der Waals surface area contributed by atoms with Crippen molar-refractivity contribution in [2.45, 2.75) is 17.9 Å². The summed E-state index contributed by atoms with van der Waals surface area (Å²) in [5.74, 6) is -0.581. The van der Waals surface area contributed by atoms with Gasteiger partial charge >= 0.3 is 0 Å². The molecule has 2 N–H and O–H groups in total. The van der Waals surface area contributed by atoms with Crippen molar-refractivity contribution >= 4 is 21.6 Å². The molecule has 0 fully saturated rings.